The van der Waals surface area contributed by atoms with Crippen LogP contribution in [0.1, 0.15) is 29.8 Å². The van der Waals surface area contributed by atoms with E-state index in [-0.39, 0.29) is 18.4 Å². The van der Waals surface area contributed by atoms with Gasteiger partial charge in [0.05, 0.1) is 0 Å². The number of hydrogen-bond acceptors (Lipinski definition) is 4. The zero-order valence-electron chi connectivity index (χ0n) is 11.8. The lowest BCUT2D eigenvalue weighted by atomic mass is 10.0. The molecule has 0 aromatic heterocycles. The molecule has 1 N–H and O–H groups in total. The minimum absolute atomic E-state index is 0.130. The van der Waals surface area contributed by atoms with Crippen LogP contribution in [0.3, 0.4) is 0 Å². The summed E-state index contributed by atoms with van der Waals surface area (Å²) in [6, 6.07) is 8.05. The third-order valence-corrected chi connectivity index (χ3v) is 2.77. The Kier molecular flexibility index (Phi) is 5.73. The second-order valence-electron chi connectivity index (χ2n) is 4.83. The predicted octanol–water partition coefficient (Wildman–Crippen LogP) is 1.82. The van der Waals surface area contributed by atoms with Crippen molar-refractivity contribution in [2.75, 3.05) is 6.61 Å². The minimum Gasteiger partial charge on any atom is -0.449 e. The van der Waals surface area contributed by atoms with Gasteiger partial charge in [0.2, 0.25) is 0 Å². The maximum Gasteiger partial charge on any atom is 0.329 e. The van der Waals surface area contributed by atoms with E-state index in [1.807, 2.05) is 13.0 Å². The molecule has 0 radical (unpaired) electrons. The molecule has 0 bridgehead atoms. The first kappa shape index (κ1) is 15.7. The van der Waals surface area contributed by atoms with Gasteiger partial charge in [-0.05, 0) is 25.0 Å². The summed E-state index contributed by atoms with van der Waals surface area (Å²) in [7, 11) is 0. The number of benzene rings is 1. The second-order valence-corrected chi connectivity index (χ2v) is 4.83. The Morgan fingerprint density at radius 1 is 1.40 bits per heavy atom. The Hall–Kier alpha value is -2.35. The van der Waals surface area contributed by atoms with Crippen molar-refractivity contribution in [3.63, 3.8) is 0 Å². The van der Waals surface area contributed by atoms with E-state index < -0.39 is 12.0 Å². The van der Waals surface area contributed by atoms with Crippen LogP contribution in [0.2, 0.25) is 0 Å². The lowest BCUT2D eigenvalue weighted by Crippen LogP contribution is -2.45. The van der Waals surface area contributed by atoms with E-state index in [0.29, 0.717) is 5.56 Å². The average molecular weight is 274 g/mol. The van der Waals surface area contributed by atoms with Crippen LogP contribution in [0.4, 0.5) is 0 Å². The SMILES string of the molecule is Cc1cccc(C(=O)N[C@@H](C(=O)OCC#N)C(C)C)c1. The molecular formula is C15H18N2O3. The molecule has 0 fully saturated rings. The van der Waals surface area contributed by atoms with Gasteiger partial charge in [-0.25, -0.2) is 4.79 Å². The van der Waals surface area contributed by atoms with Crippen molar-refractivity contribution < 1.29 is 14.3 Å². The molecule has 1 aromatic carbocycles. The molecule has 5 heteroatoms. The number of nitrogens with one attached hydrogen (secondary N) is 1. The van der Waals surface area contributed by atoms with Crippen molar-refractivity contribution in [3.8, 4) is 6.07 Å². The van der Waals surface area contributed by atoms with Crippen molar-refractivity contribution in [1.29, 1.82) is 5.26 Å². The molecule has 106 valence electrons. The lowest BCUT2D eigenvalue weighted by Gasteiger charge is -2.20. The molecule has 0 unspecified atom stereocenters. The normalized spacial score (nSPS) is 11.6. The maximum atomic E-state index is 12.1. The molecule has 0 aliphatic carbocycles. The molecule has 1 aromatic rings. The fourth-order valence-electron chi connectivity index (χ4n) is 1.70. The molecular weight excluding hydrogens is 256 g/mol. The average Bonchev–Trinajstić information content (AvgIpc) is 2.41. The minimum atomic E-state index is -0.767. The van der Waals surface area contributed by atoms with Crippen molar-refractivity contribution in [2.45, 2.75) is 26.8 Å². The molecule has 5 nitrogen and oxygen atoms in total. The van der Waals surface area contributed by atoms with E-state index in [2.05, 4.69) is 5.32 Å². The summed E-state index contributed by atoms with van der Waals surface area (Å²) in [5.41, 5.74) is 1.45. The number of esters is 1. The highest BCUT2D eigenvalue weighted by molar-refractivity contribution is 5.97. The molecule has 0 heterocycles. The third-order valence-electron chi connectivity index (χ3n) is 2.77. The number of nitrogens with zero attached hydrogens (tertiary/aromatic N) is 1. The van der Waals surface area contributed by atoms with E-state index in [0.717, 1.165) is 5.56 Å². The van der Waals surface area contributed by atoms with Crippen LogP contribution in [0.25, 0.3) is 0 Å². The fourth-order valence-corrected chi connectivity index (χ4v) is 1.70. The van der Waals surface area contributed by atoms with Gasteiger partial charge in [0.25, 0.3) is 5.91 Å². The zero-order chi connectivity index (χ0) is 15.1. The first-order valence-corrected chi connectivity index (χ1v) is 6.36. The van der Waals surface area contributed by atoms with Gasteiger partial charge in [0, 0.05) is 5.56 Å². The molecule has 1 rings (SSSR count). The Morgan fingerprint density at radius 3 is 2.65 bits per heavy atom. The third kappa shape index (κ3) is 4.39. The van der Waals surface area contributed by atoms with Gasteiger partial charge in [-0.1, -0.05) is 31.5 Å². The largest absolute Gasteiger partial charge is 0.449 e. The van der Waals surface area contributed by atoms with Crippen LogP contribution in [-0.2, 0) is 9.53 Å². The molecule has 0 aliphatic rings. The highest BCUT2D eigenvalue weighted by Crippen LogP contribution is 2.08. The van der Waals surface area contributed by atoms with Crippen LogP contribution in [0.15, 0.2) is 24.3 Å². The topological polar surface area (TPSA) is 79.2 Å². The number of amides is 1. The summed E-state index contributed by atoms with van der Waals surface area (Å²) < 4.78 is 4.76. The van der Waals surface area contributed by atoms with Gasteiger partial charge in [0.1, 0.15) is 12.1 Å². The van der Waals surface area contributed by atoms with Crippen LogP contribution < -0.4 is 5.32 Å². The van der Waals surface area contributed by atoms with Crippen molar-refractivity contribution in [1.82, 2.24) is 5.32 Å². The zero-order valence-corrected chi connectivity index (χ0v) is 11.8. The molecule has 0 saturated carbocycles. The molecule has 1 amide bonds. The van der Waals surface area contributed by atoms with E-state index in [9.17, 15) is 9.59 Å². The number of nitriles is 1. The van der Waals surface area contributed by atoms with E-state index >= 15 is 0 Å². The molecule has 20 heavy (non-hydrogen) atoms. The highest BCUT2D eigenvalue weighted by Gasteiger charge is 2.26. The van der Waals surface area contributed by atoms with Crippen molar-refractivity contribution >= 4 is 11.9 Å². The monoisotopic (exact) mass is 274 g/mol. The number of ether oxygens (including phenoxy) is 1. The van der Waals surface area contributed by atoms with Gasteiger partial charge < -0.3 is 10.1 Å². The highest BCUT2D eigenvalue weighted by atomic mass is 16.5. The number of carbonyl (C=O) groups excluding carboxylic acids is 2. The number of aryl methyl sites for hydroxylation is 1. The maximum absolute atomic E-state index is 12.1. The van der Waals surface area contributed by atoms with Crippen LogP contribution >= 0.6 is 0 Å². The number of hydrogen-bond donors (Lipinski definition) is 1. The summed E-state index contributed by atoms with van der Waals surface area (Å²) in [5.74, 6) is -1.06. The summed E-state index contributed by atoms with van der Waals surface area (Å²) in [4.78, 5) is 23.9. The number of carbonyl (C=O) groups is 2. The standard InChI is InChI=1S/C15H18N2O3/c1-10(2)13(15(19)20-8-7-16)17-14(18)12-6-4-5-11(3)9-12/h4-6,9-10,13H,8H2,1-3H3,(H,17,18)/t13-/m1/s1. The smallest absolute Gasteiger partial charge is 0.329 e. The Bertz CT molecular complexity index is 532. The van der Waals surface area contributed by atoms with Gasteiger partial charge in [-0.2, -0.15) is 5.26 Å². The van der Waals surface area contributed by atoms with Gasteiger partial charge in [-0.15, -0.1) is 0 Å². The number of rotatable bonds is 5. The summed E-state index contributed by atoms with van der Waals surface area (Å²) in [6.07, 6.45) is 0. The first-order chi connectivity index (χ1) is 9.45. The van der Waals surface area contributed by atoms with Crippen molar-refractivity contribution in [2.24, 2.45) is 5.92 Å². The predicted molar refractivity (Wildman–Crippen MR) is 73.8 cm³/mol. The second kappa shape index (κ2) is 7.29. The van der Waals surface area contributed by atoms with Crippen LogP contribution in [0.5, 0.6) is 0 Å². The molecule has 0 spiro atoms. The van der Waals surface area contributed by atoms with Gasteiger partial charge >= 0.3 is 5.97 Å². The Labute approximate surface area is 118 Å². The molecule has 0 aliphatic heterocycles. The summed E-state index contributed by atoms with van der Waals surface area (Å²) in [5, 5.41) is 11.1. The molecule has 0 saturated heterocycles. The van der Waals surface area contributed by atoms with E-state index in [4.69, 9.17) is 10.00 Å². The summed E-state index contributed by atoms with van der Waals surface area (Å²) in [6.45, 7) is 5.17. The first-order valence-electron chi connectivity index (χ1n) is 6.36. The Balaban J connectivity index is 2.78. The quantitative estimate of drug-likeness (QED) is 0.830. The molecule has 1 atom stereocenters. The van der Waals surface area contributed by atoms with Crippen LogP contribution in [0, 0.1) is 24.2 Å². The fraction of sp³-hybridized carbons (Fsp3) is 0.400. The summed E-state index contributed by atoms with van der Waals surface area (Å²) >= 11 is 0. The lowest BCUT2D eigenvalue weighted by molar-refractivity contribution is -0.145. The Morgan fingerprint density at radius 2 is 2.10 bits per heavy atom. The van der Waals surface area contributed by atoms with E-state index in [1.165, 1.54) is 0 Å². The van der Waals surface area contributed by atoms with Crippen molar-refractivity contribution in [3.05, 3.63) is 35.4 Å². The van der Waals surface area contributed by atoms with Gasteiger partial charge in [0.15, 0.2) is 6.61 Å². The van der Waals surface area contributed by atoms with Crippen LogP contribution in [-0.4, -0.2) is 24.5 Å². The van der Waals surface area contributed by atoms with E-state index in [1.54, 1.807) is 38.1 Å². The van der Waals surface area contributed by atoms with Gasteiger partial charge in [-0.3, -0.25) is 4.79 Å².